The Morgan fingerprint density at radius 3 is 2.24 bits per heavy atom. The Labute approximate surface area is 115 Å². The van der Waals surface area contributed by atoms with Gasteiger partial charge in [0.2, 0.25) is 0 Å². The highest BCUT2D eigenvalue weighted by atomic mass is 32.2. The zero-order valence-electron chi connectivity index (χ0n) is 11.1. The molecule has 1 atom stereocenters. The summed E-state index contributed by atoms with van der Waals surface area (Å²) in [7, 11) is 0. The highest BCUT2D eigenvalue weighted by molar-refractivity contribution is 7.98. The molecule has 0 heterocycles. The molecule has 1 aromatic carbocycles. The summed E-state index contributed by atoms with van der Waals surface area (Å²) in [6.45, 7) is 7.42. The van der Waals surface area contributed by atoms with Crippen LogP contribution in [0.25, 0.3) is 0 Å². The van der Waals surface area contributed by atoms with Crippen LogP contribution in [0.4, 0.5) is 0 Å². The Kier molecular flexibility index (Phi) is 5.74. The largest absolute Gasteiger partial charge is 0.493 e. The smallest absolute Gasteiger partial charge is 0.119 e. The molecule has 0 N–H and O–H groups in total. The average Bonchev–Trinajstić information content (AvgIpc) is 2.29. The molecule has 0 aromatic heterocycles. The number of ether oxygens (including phenoxy) is 1. The fourth-order valence-electron chi connectivity index (χ4n) is 1.45. The SMILES string of the molecule is CSc1ccc(OCC(CS)C(C)(C)C)cc1. The Hall–Kier alpha value is -0.280. The van der Waals surface area contributed by atoms with Crippen LogP contribution >= 0.6 is 24.4 Å². The predicted molar refractivity (Wildman–Crippen MR) is 80.5 cm³/mol. The molecule has 0 radical (unpaired) electrons. The summed E-state index contributed by atoms with van der Waals surface area (Å²) in [4.78, 5) is 1.26. The van der Waals surface area contributed by atoms with E-state index in [-0.39, 0.29) is 5.41 Å². The molecule has 1 nitrogen and oxygen atoms in total. The number of thioether (sulfide) groups is 1. The summed E-state index contributed by atoms with van der Waals surface area (Å²) >= 11 is 6.15. The molecule has 1 aromatic rings. The summed E-state index contributed by atoms with van der Waals surface area (Å²) in [6.07, 6.45) is 2.08. The molecular weight excluding hydrogens is 248 g/mol. The van der Waals surface area contributed by atoms with Crippen molar-refractivity contribution in [2.24, 2.45) is 11.3 Å². The molecule has 0 aliphatic heterocycles. The molecule has 0 saturated heterocycles. The van der Waals surface area contributed by atoms with E-state index in [2.05, 4.69) is 51.8 Å². The zero-order chi connectivity index (χ0) is 12.9. The third-order valence-electron chi connectivity index (χ3n) is 2.96. The number of thiol groups is 1. The molecule has 0 spiro atoms. The van der Waals surface area contributed by atoms with Gasteiger partial charge >= 0.3 is 0 Å². The summed E-state index contributed by atoms with van der Waals surface area (Å²) < 4.78 is 5.83. The second-order valence-electron chi connectivity index (χ2n) is 5.23. The molecule has 0 aliphatic rings. The van der Waals surface area contributed by atoms with Crippen molar-refractivity contribution in [2.45, 2.75) is 25.7 Å². The first-order chi connectivity index (χ1) is 7.97. The van der Waals surface area contributed by atoms with Crippen molar-refractivity contribution in [3.63, 3.8) is 0 Å². The molecule has 96 valence electrons. The summed E-state index contributed by atoms with van der Waals surface area (Å²) in [5.74, 6) is 2.26. The zero-order valence-corrected chi connectivity index (χ0v) is 12.8. The van der Waals surface area contributed by atoms with Crippen LogP contribution in [0.3, 0.4) is 0 Å². The first kappa shape index (κ1) is 14.8. The minimum absolute atomic E-state index is 0.237. The predicted octanol–water partition coefficient (Wildman–Crippen LogP) is 4.38. The molecule has 1 rings (SSSR count). The van der Waals surface area contributed by atoms with Crippen molar-refractivity contribution < 1.29 is 4.74 Å². The first-order valence-electron chi connectivity index (χ1n) is 5.85. The van der Waals surface area contributed by atoms with Crippen LogP contribution in [-0.4, -0.2) is 18.6 Å². The first-order valence-corrected chi connectivity index (χ1v) is 7.71. The van der Waals surface area contributed by atoms with E-state index in [4.69, 9.17) is 4.74 Å². The number of hydrogen-bond donors (Lipinski definition) is 1. The lowest BCUT2D eigenvalue weighted by atomic mass is 9.82. The maximum absolute atomic E-state index is 5.83. The topological polar surface area (TPSA) is 9.23 Å². The second kappa shape index (κ2) is 6.60. The van der Waals surface area contributed by atoms with Crippen LogP contribution in [0.5, 0.6) is 5.75 Å². The van der Waals surface area contributed by atoms with Gasteiger partial charge < -0.3 is 4.74 Å². The summed E-state index contributed by atoms with van der Waals surface area (Å²) in [5, 5.41) is 0. The van der Waals surface area contributed by atoms with E-state index < -0.39 is 0 Å². The van der Waals surface area contributed by atoms with Crippen LogP contribution in [0, 0.1) is 11.3 Å². The van der Waals surface area contributed by atoms with Gasteiger partial charge in [0.05, 0.1) is 6.61 Å². The van der Waals surface area contributed by atoms with E-state index >= 15 is 0 Å². The van der Waals surface area contributed by atoms with Gasteiger partial charge in [0, 0.05) is 10.8 Å². The van der Waals surface area contributed by atoms with E-state index in [0.717, 1.165) is 18.1 Å². The summed E-state index contributed by atoms with van der Waals surface area (Å²) in [5.41, 5.74) is 0.237. The number of benzene rings is 1. The second-order valence-corrected chi connectivity index (χ2v) is 6.48. The van der Waals surface area contributed by atoms with E-state index in [9.17, 15) is 0 Å². The Balaban J connectivity index is 2.54. The summed E-state index contributed by atoms with van der Waals surface area (Å²) in [6, 6.07) is 8.24. The normalized spacial score (nSPS) is 13.5. The molecule has 0 amide bonds. The third-order valence-corrected chi connectivity index (χ3v) is 4.14. The van der Waals surface area contributed by atoms with Crippen molar-refractivity contribution in [3.05, 3.63) is 24.3 Å². The van der Waals surface area contributed by atoms with Gasteiger partial charge in [-0.15, -0.1) is 11.8 Å². The van der Waals surface area contributed by atoms with Gasteiger partial charge in [0.25, 0.3) is 0 Å². The molecule has 0 aliphatic carbocycles. The molecule has 0 fully saturated rings. The molecular formula is C14H22OS2. The van der Waals surface area contributed by atoms with Gasteiger partial charge in [-0.05, 0) is 41.7 Å². The van der Waals surface area contributed by atoms with Crippen LogP contribution in [0.1, 0.15) is 20.8 Å². The van der Waals surface area contributed by atoms with Crippen molar-refractivity contribution in [1.82, 2.24) is 0 Å². The standard InChI is InChI=1S/C14H22OS2/c1-14(2,3)11(10-16)9-15-12-5-7-13(17-4)8-6-12/h5-8,11,16H,9-10H2,1-4H3. The Bertz CT molecular complexity index is 327. The van der Waals surface area contributed by atoms with Crippen LogP contribution < -0.4 is 4.74 Å². The van der Waals surface area contributed by atoms with E-state index in [0.29, 0.717) is 5.92 Å². The van der Waals surface area contributed by atoms with Gasteiger partial charge in [0.15, 0.2) is 0 Å². The van der Waals surface area contributed by atoms with Crippen molar-refractivity contribution >= 4 is 24.4 Å². The quantitative estimate of drug-likeness (QED) is 0.628. The Morgan fingerprint density at radius 2 is 1.82 bits per heavy atom. The number of hydrogen-bond acceptors (Lipinski definition) is 3. The van der Waals surface area contributed by atoms with Gasteiger partial charge in [0.1, 0.15) is 5.75 Å². The molecule has 0 saturated carbocycles. The fourth-order valence-corrected chi connectivity index (χ4v) is 2.51. The van der Waals surface area contributed by atoms with Crippen molar-refractivity contribution in [2.75, 3.05) is 18.6 Å². The monoisotopic (exact) mass is 270 g/mol. The van der Waals surface area contributed by atoms with Gasteiger partial charge in [-0.25, -0.2) is 0 Å². The molecule has 17 heavy (non-hydrogen) atoms. The van der Waals surface area contributed by atoms with E-state index in [1.807, 2.05) is 12.1 Å². The molecule has 0 bridgehead atoms. The van der Waals surface area contributed by atoms with Gasteiger partial charge in [-0.2, -0.15) is 12.6 Å². The lowest BCUT2D eigenvalue weighted by Crippen LogP contribution is -2.28. The fraction of sp³-hybridized carbons (Fsp3) is 0.571. The highest BCUT2D eigenvalue weighted by Crippen LogP contribution is 2.28. The van der Waals surface area contributed by atoms with Gasteiger partial charge in [-0.3, -0.25) is 0 Å². The highest BCUT2D eigenvalue weighted by Gasteiger charge is 2.23. The lowest BCUT2D eigenvalue weighted by molar-refractivity contribution is 0.165. The molecule has 3 heteroatoms. The van der Waals surface area contributed by atoms with Crippen molar-refractivity contribution in [1.29, 1.82) is 0 Å². The minimum Gasteiger partial charge on any atom is -0.493 e. The lowest BCUT2D eigenvalue weighted by Gasteiger charge is -2.29. The van der Waals surface area contributed by atoms with Crippen molar-refractivity contribution in [3.8, 4) is 5.75 Å². The van der Waals surface area contributed by atoms with E-state index in [1.165, 1.54) is 4.90 Å². The number of rotatable bonds is 5. The molecule has 1 unspecified atom stereocenters. The van der Waals surface area contributed by atoms with Crippen LogP contribution in [0.2, 0.25) is 0 Å². The van der Waals surface area contributed by atoms with Gasteiger partial charge in [-0.1, -0.05) is 20.8 Å². The maximum atomic E-state index is 5.83. The average molecular weight is 270 g/mol. The minimum atomic E-state index is 0.237. The van der Waals surface area contributed by atoms with Crippen LogP contribution in [0.15, 0.2) is 29.2 Å². The Morgan fingerprint density at radius 1 is 1.24 bits per heavy atom. The maximum Gasteiger partial charge on any atom is 0.119 e. The van der Waals surface area contributed by atoms with E-state index in [1.54, 1.807) is 11.8 Å². The van der Waals surface area contributed by atoms with Crippen LogP contribution in [-0.2, 0) is 0 Å². The third kappa shape index (κ3) is 4.84.